The van der Waals surface area contributed by atoms with Crippen LogP contribution >= 0.6 is 12.2 Å². The van der Waals surface area contributed by atoms with E-state index >= 15 is 0 Å². The molecular formula is C14H20N4OS. The summed E-state index contributed by atoms with van der Waals surface area (Å²) in [6.07, 6.45) is 10.2. The number of hydrogen-bond acceptors (Lipinski definition) is 4. The highest BCUT2D eigenvalue weighted by atomic mass is 32.1. The fourth-order valence-electron chi connectivity index (χ4n) is 2.66. The predicted octanol–water partition coefficient (Wildman–Crippen LogP) is 1.98. The number of carbonyl (C=O) groups excluding carboxylic acids is 1. The fourth-order valence-corrected chi connectivity index (χ4v) is 2.91. The zero-order chi connectivity index (χ0) is 14.4. The molecule has 0 bridgehead atoms. The summed E-state index contributed by atoms with van der Waals surface area (Å²) in [5, 5.41) is 10.4. The molecule has 1 heterocycles. The molecule has 0 aromatic carbocycles. The van der Waals surface area contributed by atoms with Crippen molar-refractivity contribution in [2.75, 3.05) is 0 Å². The largest absolute Gasteiger partial charge is 0.391 e. The van der Waals surface area contributed by atoms with Gasteiger partial charge in [-0.1, -0.05) is 44.3 Å². The maximum Gasteiger partial charge on any atom is 0.253 e. The first-order valence-electron chi connectivity index (χ1n) is 7.03. The Morgan fingerprint density at radius 1 is 1.20 bits per heavy atom. The van der Waals surface area contributed by atoms with E-state index in [0.717, 1.165) is 38.5 Å². The summed E-state index contributed by atoms with van der Waals surface area (Å²) >= 11 is 5.24. The van der Waals surface area contributed by atoms with Gasteiger partial charge in [0.05, 0.1) is 28.5 Å². The van der Waals surface area contributed by atoms with Crippen LogP contribution in [0.5, 0.6) is 0 Å². The van der Waals surface area contributed by atoms with E-state index in [0.29, 0.717) is 10.6 Å². The van der Waals surface area contributed by atoms with Gasteiger partial charge in [0, 0.05) is 0 Å². The van der Waals surface area contributed by atoms with Crippen LogP contribution in [0.15, 0.2) is 18.5 Å². The Morgan fingerprint density at radius 2 is 1.85 bits per heavy atom. The maximum absolute atomic E-state index is 12.3. The van der Waals surface area contributed by atoms with Gasteiger partial charge >= 0.3 is 0 Å². The van der Waals surface area contributed by atoms with E-state index in [1.54, 1.807) is 6.07 Å². The van der Waals surface area contributed by atoms with E-state index in [2.05, 4.69) is 15.5 Å². The van der Waals surface area contributed by atoms with Crippen molar-refractivity contribution in [3.63, 3.8) is 0 Å². The molecule has 1 amide bonds. The molecule has 3 N–H and O–H groups in total. The smallest absolute Gasteiger partial charge is 0.253 e. The Balaban J connectivity index is 2.15. The van der Waals surface area contributed by atoms with Gasteiger partial charge in [0.2, 0.25) is 0 Å². The van der Waals surface area contributed by atoms with E-state index < -0.39 is 5.54 Å². The molecule has 108 valence electrons. The molecule has 0 radical (unpaired) electrons. The van der Waals surface area contributed by atoms with E-state index in [1.807, 2.05) is 0 Å². The third-order valence-electron chi connectivity index (χ3n) is 3.88. The Bertz CT molecular complexity index is 469. The number of nitrogens with zero attached hydrogens (tertiary/aromatic N) is 2. The van der Waals surface area contributed by atoms with Gasteiger partial charge in [-0.05, 0) is 18.9 Å². The van der Waals surface area contributed by atoms with E-state index in [1.165, 1.54) is 18.8 Å². The third kappa shape index (κ3) is 3.50. The standard InChI is InChI=1S/C14H20N4OS/c15-13(20)14(7-4-2-1-3-5-8-14)18-12(19)11-6-9-16-17-10-11/h6,9-10H,1-5,7-8H2,(H2,15,20)(H,18,19). The number of carbonyl (C=O) groups is 1. The lowest BCUT2D eigenvalue weighted by molar-refractivity contribution is 0.0912. The molecule has 0 aliphatic heterocycles. The molecule has 1 saturated carbocycles. The number of amides is 1. The van der Waals surface area contributed by atoms with Crippen LogP contribution in [0.2, 0.25) is 0 Å². The molecule has 1 fully saturated rings. The van der Waals surface area contributed by atoms with Gasteiger partial charge in [0.1, 0.15) is 0 Å². The molecule has 1 aliphatic rings. The second kappa shape index (κ2) is 6.74. The summed E-state index contributed by atoms with van der Waals surface area (Å²) in [4.78, 5) is 12.7. The van der Waals surface area contributed by atoms with Crippen molar-refractivity contribution in [2.24, 2.45) is 5.73 Å². The summed E-state index contributed by atoms with van der Waals surface area (Å²) in [5.41, 5.74) is 5.86. The highest BCUT2D eigenvalue weighted by Crippen LogP contribution is 2.27. The van der Waals surface area contributed by atoms with Crippen LogP contribution in [0.25, 0.3) is 0 Å². The lowest BCUT2D eigenvalue weighted by Crippen LogP contribution is -2.57. The van der Waals surface area contributed by atoms with Gasteiger partial charge in [-0.3, -0.25) is 4.79 Å². The molecule has 1 aromatic heterocycles. The van der Waals surface area contributed by atoms with Crippen molar-refractivity contribution in [3.05, 3.63) is 24.0 Å². The zero-order valence-electron chi connectivity index (χ0n) is 11.5. The highest BCUT2D eigenvalue weighted by Gasteiger charge is 2.35. The van der Waals surface area contributed by atoms with Crippen LogP contribution < -0.4 is 11.1 Å². The lowest BCUT2D eigenvalue weighted by Gasteiger charge is -2.35. The minimum atomic E-state index is -0.559. The summed E-state index contributed by atoms with van der Waals surface area (Å²) in [7, 11) is 0. The van der Waals surface area contributed by atoms with Crippen LogP contribution in [-0.4, -0.2) is 26.6 Å². The van der Waals surface area contributed by atoms with E-state index in [-0.39, 0.29) is 5.91 Å². The molecule has 0 unspecified atom stereocenters. The SMILES string of the molecule is NC(=S)C1(NC(=O)c2ccnnc2)CCCCCCC1. The quantitative estimate of drug-likeness (QED) is 0.833. The fraction of sp³-hybridized carbons (Fsp3) is 0.571. The van der Waals surface area contributed by atoms with Gasteiger partial charge in [0.25, 0.3) is 5.91 Å². The Morgan fingerprint density at radius 3 is 2.40 bits per heavy atom. The monoisotopic (exact) mass is 292 g/mol. The summed E-state index contributed by atoms with van der Waals surface area (Å²) in [6.45, 7) is 0. The van der Waals surface area contributed by atoms with Crippen LogP contribution in [0.1, 0.15) is 55.3 Å². The first-order valence-corrected chi connectivity index (χ1v) is 7.44. The van der Waals surface area contributed by atoms with Crippen molar-refractivity contribution in [1.29, 1.82) is 0 Å². The van der Waals surface area contributed by atoms with Crippen LogP contribution in [-0.2, 0) is 0 Å². The zero-order valence-corrected chi connectivity index (χ0v) is 12.3. The summed E-state index contributed by atoms with van der Waals surface area (Å²) < 4.78 is 0. The van der Waals surface area contributed by atoms with Crippen molar-refractivity contribution in [3.8, 4) is 0 Å². The minimum Gasteiger partial charge on any atom is -0.391 e. The van der Waals surface area contributed by atoms with Crippen LogP contribution in [0.3, 0.4) is 0 Å². The molecule has 2 rings (SSSR count). The molecule has 0 spiro atoms. The maximum atomic E-state index is 12.3. The average molecular weight is 292 g/mol. The molecule has 1 aromatic rings. The van der Waals surface area contributed by atoms with E-state index in [4.69, 9.17) is 18.0 Å². The number of thiocarbonyl (C=S) groups is 1. The number of nitrogens with two attached hydrogens (primary N) is 1. The topological polar surface area (TPSA) is 80.9 Å². The first kappa shape index (κ1) is 14.8. The number of aromatic nitrogens is 2. The van der Waals surface area contributed by atoms with E-state index in [9.17, 15) is 4.79 Å². The lowest BCUT2D eigenvalue weighted by atomic mass is 9.83. The molecule has 5 nitrogen and oxygen atoms in total. The molecule has 0 saturated heterocycles. The molecule has 20 heavy (non-hydrogen) atoms. The van der Waals surface area contributed by atoms with Crippen molar-refractivity contribution in [2.45, 2.75) is 50.5 Å². The number of hydrogen-bond donors (Lipinski definition) is 2. The Hall–Kier alpha value is -1.56. The van der Waals surface area contributed by atoms with Crippen LogP contribution in [0, 0.1) is 0 Å². The van der Waals surface area contributed by atoms with Gasteiger partial charge in [0.15, 0.2) is 0 Å². The van der Waals surface area contributed by atoms with Gasteiger partial charge in [-0.25, -0.2) is 0 Å². The number of nitrogens with one attached hydrogen (secondary N) is 1. The van der Waals surface area contributed by atoms with Crippen molar-refractivity contribution >= 4 is 23.1 Å². The molecule has 6 heteroatoms. The first-order chi connectivity index (χ1) is 9.64. The van der Waals surface area contributed by atoms with Gasteiger partial charge in [-0.2, -0.15) is 10.2 Å². The number of rotatable bonds is 3. The van der Waals surface area contributed by atoms with Gasteiger partial charge in [-0.15, -0.1) is 0 Å². The normalized spacial score (nSPS) is 18.6. The molecular weight excluding hydrogens is 272 g/mol. The minimum absolute atomic E-state index is 0.187. The Labute approximate surface area is 124 Å². The third-order valence-corrected chi connectivity index (χ3v) is 4.27. The van der Waals surface area contributed by atoms with Crippen molar-refractivity contribution in [1.82, 2.24) is 15.5 Å². The summed E-state index contributed by atoms with van der Waals surface area (Å²) in [5.74, 6) is -0.187. The van der Waals surface area contributed by atoms with Crippen molar-refractivity contribution < 1.29 is 4.79 Å². The Kier molecular flexibility index (Phi) is 5.00. The van der Waals surface area contributed by atoms with Gasteiger partial charge < -0.3 is 11.1 Å². The second-order valence-electron chi connectivity index (χ2n) is 5.30. The van der Waals surface area contributed by atoms with Crippen LogP contribution in [0.4, 0.5) is 0 Å². The second-order valence-corrected chi connectivity index (χ2v) is 5.74. The average Bonchev–Trinajstić information content (AvgIpc) is 2.42. The molecule has 1 aliphatic carbocycles. The summed E-state index contributed by atoms with van der Waals surface area (Å²) in [6, 6.07) is 1.64. The highest BCUT2D eigenvalue weighted by molar-refractivity contribution is 7.80. The predicted molar refractivity (Wildman–Crippen MR) is 81.3 cm³/mol. The molecule has 0 atom stereocenters.